The van der Waals surface area contributed by atoms with Crippen LogP contribution in [0.4, 0.5) is 0 Å². The summed E-state index contributed by atoms with van der Waals surface area (Å²) in [6.45, 7) is 4.70. The van der Waals surface area contributed by atoms with Gasteiger partial charge in [-0.3, -0.25) is 4.79 Å². The van der Waals surface area contributed by atoms with Gasteiger partial charge < -0.3 is 4.74 Å². The number of hydrogen-bond donors (Lipinski definition) is 0. The third kappa shape index (κ3) is 7.06. The molecule has 3 saturated carbocycles. The van der Waals surface area contributed by atoms with E-state index in [9.17, 15) is 4.79 Å². The zero-order valence-electron chi connectivity index (χ0n) is 18.8. The average Bonchev–Trinajstić information content (AvgIpc) is 2.73. The maximum absolute atomic E-state index is 12.6. The molecule has 2 heteroatoms. The fraction of sp³-hybridized carbons (Fsp3) is 0.962. The van der Waals surface area contributed by atoms with Crippen LogP contribution in [0.1, 0.15) is 123 Å². The molecule has 2 nitrogen and oxygen atoms in total. The summed E-state index contributed by atoms with van der Waals surface area (Å²) in [5.74, 6) is 4.07. The van der Waals surface area contributed by atoms with Crippen LogP contribution >= 0.6 is 0 Å². The zero-order valence-corrected chi connectivity index (χ0v) is 18.8. The van der Waals surface area contributed by atoms with Crippen molar-refractivity contribution in [2.75, 3.05) is 0 Å². The average molecular weight is 391 g/mol. The van der Waals surface area contributed by atoms with Crippen molar-refractivity contribution in [3.8, 4) is 0 Å². The van der Waals surface area contributed by atoms with Crippen LogP contribution in [0.2, 0.25) is 0 Å². The Morgan fingerprint density at radius 1 is 0.714 bits per heavy atom. The van der Waals surface area contributed by atoms with Crippen LogP contribution in [0.15, 0.2) is 0 Å². The van der Waals surface area contributed by atoms with E-state index in [4.69, 9.17) is 4.74 Å². The third-order valence-corrected chi connectivity index (χ3v) is 8.44. The minimum atomic E-state index is 0.130. The number of ether oxygens (including phenoxy) is 1. The Bertz CT molecular complexity index is 435. The van der Waals surface area contributed by atoms with Crippen molar-refractivity contribution in [1.29, 1.82) is 0 Å². The van der Waals surface area contributed by atoms with Crippen molar-refractivity contribution in [3.05, 3.63) is 0 Å². The van der Waals surface area contributed by atoms with Gasteiger partial charge in [0.2, 0.25) is 0 Å². The summed E-state index contributed by atoms with van der Waals surface area (Å²) in [6.07, 6.45) is 22.4. The first-order valence-corrected chi connectivity index (χ1v) is 12.8. The molecule has 3 aliphatic carbocycles. The van der Waals surface area contributed by atoms with E-state index in [1.165, 1.54) is 83.5 Å². The van der Waals surface area contributed by atoms with Crippen LogP contribution in [-0.2, 0) is 9.53 Å². The summed E-state index contributed by atoms with van der Waals surface area (Å²) < 4.78 is 5.89. The molecule has 0 radical (unpaired) electrons. The highest BCUT2D eigenvalue weighted by Crippen LogP contribution is 2.36. The number of unbranched alkanes of at least 4 members (excludes halogenated alkanes) is 1. The van der Waals surface area contributed by atoms with Crippen LogP contribution in [0.3, 0.4) is 0 Å². The predicted molar refractivity (Wildman–Crippen MR) is 117 cm³/mol. The second kappa shape index (κ2) is 11.6. The van der Waals surface area contributed by atoms with Crippen molar-refractivity contribution < 1.29 is 9.53 Å². The monoisotopic (exact) mass is 390 g/mol. The molecular weight excluding hydrogens is 344 g/mol. The lowest BCUT2D eigenvalue weighted by Gasteiger charge is -2.31. The van der Waals surface area contributed by atoms with Crippen molar-refractivity contribution in [3.63, 3.8) is 0 Å². The molecule has 0 aromatic rings. The van der Waals surface area contributed by atoms with Gasteiger partial charge in [-0.15, -0.1) is 0 Å². The molecule has 0 unspecified atom stereocenters. The predicted octanol–water partition coefficient (Wildman–Crippen LogP) is 7.69. The number of rotatable bonds is 8. The maximum Gasteiger partial charge on any atom is 0.309 e. The second-order valence-corrected chi connectivity index (χ2v) is 10.6. The van der Waals surface area contributed by atoms with Gasteiger partial charge >= 0.3 is 5.97 Å². The molecule has 0 saturated heterocycles. The van der Waals surface area contributed by atoms with E-state index >= 15 is 0 Å². The van der Waals surface area contributed by atoms with Gasteiger partial charge in [-0.25, -0.2) is 0 Å². The van der Waals surface area contributed by atoms with E-state index in [1.54, 1.807) is 0 Å². The topological polar surface area (TPSA) is 26.3 Å². The van der Waals surface area contributed by atoms with Crippen molar-refractivity contribution in [1.82, 2.24) is 0 Å². The molecular formula is C26H46O2. The zero-order chi connectivity index (χ0) is 19.8. The smallest absolute Gasteiger partial charge is 0.309 e. The minimum absolute atomic E-state index is 0.130. The van der Waals surface area contributed by atoms with Gasteiger partial charge in [0.25, 0.3) is 0 Å². The molecule has 162 valence electrons. The number of carbonyl (C=O) groups is 1. The molecule has 0 atom stereocenters. The molecule has 0 aromatic carbocycles. The van der Waals surface area contributed by atoms with Gasteiger partial charge in [-0.2, -0.15) is 0 Å². The second-order valence-electron chi connectivity index (χ2n) is 10.6. The van der Waals surface area contributed by atoms with Gasteiger partial charge in [-0.1, -0.05) is 71.6 Å². The quantitative estimate of drug-likeness (QED) is 0.313. The van der Waals surface area contributed by atoms with E-state index < -0.39 is 0 Å². The highest BCUT2D eigenvalue weighted by atomic mass is 16.5. The Kier molecular flexibility index (Phi) is 9.18. The summed E-state index contributed by atoms with van der Waals surface area (Å²) in [6, 6.07) is 0. The Morgan fingerprint density at radius 3 is 1.75 bits per heavy atom. The van der Waals surface area contributed by atoms with Gasteiger partial charge in [0.05, 0.1) is 5.92 Å². The molecule has 0 N–H and O–H groups in total. The van der Waals surface area contributed by atoms with E-state index in [2.05, 4.69) is 13.8 Å². The van der Waals surface area contributed by atoms with Crippen LogP contribution in [0.5, 0.6) is 0 Å². The van der Waals surface area contributed by atoms with Crippen LogP contribution < -0.4 is 0 Å². The summed E-state index contributed by atoms with van der Waals surface area (Å²) in [5, 5.41) is 0. The Labute approximate surface area is 174 Å². The van der Waals surface area contributed by atoms with E-state index in [1.807, 2.05) is 0 Å². The molecule has 28 heavy (non-hydrogen) atoms. The highest BCUT2D eigenvalue weighted by Gasteiger charge is 2.30. The largest absolute Gasteiger partial charge is 0.462 e. The lowest BCUT2D eigenvalue weighted by atomic mass is 9.78. The first-order chi connectivity index (χ1) is 13.6. The Hall–Kier alpha value is -0.530. The first kappa shape index (κ1) is 22.2. The van der Waals surface area contributed by atoms with Crippen molar-refractivity contribution in [2.45, 2.75) is 129 Å². The summed E-state index contributed by atoms with van der Waals surface area (Å²) >= 11 is 0. The molecule has 3 fully saturated rings. The van der Waals surface area contributed by atoms with Gasteiger partial charge in [-0.05, 0) is 75.0 Å². The summed E-state index contributed by atoms with van der Waals surface area (Å²) in [5.41, 5.74) is 0. The maximum atomic E-state index is 12.6. The molecule has 0 heterocycles. The third-order valence-electron chi connectivity index (χ3n) is 8.44. The van der Waals surface area contributed by atoms with Gasteiger partial charge in [0.1, 0.15) is 6.10 Å². The Morgan fingerprint density at radius 2 is 1.21 bits per heavy atom. The first-order valence-electron chi connectivity index (χ1n) is 12.8. The minimum Gasteiger partial charge on any atom is -0.462 e. The van der Waals surface area contributed by atoms with Crippen molar-refractivity contribution >= 4 is 5.97 Å². The number of hydrogen-bond acceptors (Lipinski definition) is 2. The number of carbonyl (C=O) groups excluding carboxylic acids is 1. The fourth-order valence-corrected chi connectivity index (χ4v) is 6.09. The highest BCUT2D eigenvalue weighted by molar-refractivity contribution is 5.72. The summed E-state index contributed by atoms with van der Waals surface area (Å²) in [7, 11) is 0. The van der Waals surface area contributed by atoms with Crippen LogP contribution in [-0.4, -0.2) is 12.1 Å². The lowest BCUT2D eigenvalue weighted by molar-refractivity contribution is -0.157. The molecule has 3 aliphatic rings. The van der Waals surface area contributed by atoms with E-state index in [0.717, 1.165) is 49.4 Å². The van der Waals surface area contributed by atoms with Crippen LogP contribution in [0.25, 0.3) is 0 Å². The molecule has 0 aromatic heterocycles. The normalized spacial score (nSPS) is 36.8. The molecule has 0 amide bonds. The molecule has 0 bridgehead atoms. The summed E-state index contributed by atoms with van der Waals surface area (Å²) in [4.78, 5) is 12.6. The molecule has 0 aliphatic heterocycles. The molecule has 3 rings (SSSR count). The Balaban J connectivity index is 1.23. The number of esters is 1. The standard InChI is InChI=1S/C26H46O2/c1-3-21-14-18-25(19-15-21)28-26(27)24-16-12-23(13-17-24)7-5-4-6-22-10-8-20(2)9-11-22/h20-25H,3-19H2,1-2H3. The van der Waals surface area contributed by atoms with E-state index in [0.29, 0.717) is 0 Å². The van der Waals surface area contributed by atoms with Gasteiger partial charge in [0, 0.05) is 0 Å². The van der Waals surface area contributed by atoms with Crippen molar-refractivity contribution in [2.24, 2.45) is 29.6 Å². The van der Waals surface area contributed by atoms with Gasteiger partial charge in [0.15, 0.2) is 0 Å². The fourth-order valence-electron chi connectivity index (χ4n) is 6.09. The van der Waals surface area contributed by atoms with Crippen LogP contribution in [0, 0.1) is 29.6 Å². The van der Waals surface area contributed by atoms with E-state index in [-0.39, 0.29) is 18.0 Å². The molecule has 0 spiro atoms. The lowest BCUT2D eigenvalue weighted by Crippen LogP contribution is -2.30. The SMILES string of the molecule is CCC1CCC(OC(=O)C2CCC(CCCCC3CCC(C)CC3)CC2)CC1.